The number of aryl methyl sites for hydroxylation is 1. The standard InChI is InChI=1S/C23H30N4O4/c1-26-19-8-7-18(29-2)13-20(19)27(23(26)28)14-15-3-5-16(6-4-15)21-24-25-22(31-21)17-9-11-30-12-10-17/h7-8,13,15-17H,3-6,9-12,14H2,1-2H3. The SMILES string of the molecule is COc1ccc2c(c1)n(CC1CCC(c3nnc(C4CCOCC4)o3)CC1)c(=O)n2C. The monoisotopic (exact) mass is 426 g/mol. The fourth-order valence-electron chi connectivity index (χ4n) is 5.06. The van der Waals surface area contributed by atoms with Crippen LogP contribution in [0.4, 0.5) is 0 Å². The second kappa shape index (κ2) is 8.49. The van der Waals surface area contributed by atoms with Gasteiger partial charge in [-0.15, -0.1) is 10.2 Å². The molecular formula is C23H30N4O4. The number of hydrogen-bond acceptors (Lipinski definition) is 6. The molecule has 3 aromatic rings. The van der Waals surface area contributed by atoms with E-state index in [1.807, 2.05) is 29.8 Å². The van der Waals surface area contributed by atoms with Crippen LogP contribution in [0.1, 0.15) is 62.1 Å². The Morgan fingerprint density at radius 1 is 1.00 bits per heavy atom. The lowest BCUT2D eigenvalue weighted by Crippen LogP contribution is -2.27. The van der Waals surface area contributed by atoms with Gasteiger partial charge in [0.2, 0.25) is 11.8 Å². The molecule has 0 radical (unpaired) electrons. The highest BCUT2D eigenvalue weighted by Gasteiger charge is 2.29. The molecule has 0 atom stereocenters. The van der Waals surface area contributed by atoms with Crippen LogP contribution in [0.2, 0.25) is 0 Å². The molecule has 2 fully saturated rings. The van der Waals surface area contributed by atoms with E-state index in [4.69, 9.17) is 13.9 Å². The van der Waals surface area contributed by atoms with Gasteiger partial charge in [0.15, 0.2) is 0 Å². The second-order valence-corrected chi connectivity index (χ2v) is 8.89. The van der Waals surface area contributed by atoms with Gasteiger partial charge in [-0.3, -0.25) is 9.13 Å². The summed E-state index contributed by atoms with van der Waals surface area (Å²) < 4.78 is 20.5. The first-order valence-electron chi connectivity index (χ1n) is 11.3. The Balaban J connectivity index is 1.26. The van der Waals surface area contributed by atoms with E-state index in [-0.39, 0.29) is 5.69 Å². The van der Waals surface area contributed by atoms with E-state index in [9.17, 15) is 4.79 Å². The van der Waals surface area contributed by atoms with Crippen LogP contribution >= 0.6 is 0 Å². The average molecular weight is 427 g/mol. The van der Waals surface area contributed by atoms with Crippen LogP contribution < -0.4 is 10.4 Å². The zero-order chi connectivity index (χ0) is 21.4. The Kier molecular flexibility index (Phi) is 5.56. The van der Waals surface area contributed by atoms with Crippen LogP contribution in [0.15, 0.2) is 27.4 Å². The summed E-state index contributed by atoms with van der Waals surface area (Å²) in [6.07, 6.45) is 6.04. The fraction of sp³-hybridized carbons (Fsp3) is 0.609. The molecule has 166 valence electrons. The molecule has 3 heterocycles. The lowest BCUT2D eigenvalue weighted by Gasteiger charge is -2.26. The smallest absolute Gasteiger partial charge is 0.328 e. The first-order valence-corrected chi connectivity index (χ1v) is 11.3. The van der Waals surface area contributed by atoms with E-state index < -0.39 is 0 Å². The summed E-state index contributed by atoms with van der Waals surface area (Å²) in [4.78, 5) is 12.8. The van der Waals surface area contributed by atoms with Crippen LogP contribution in [0.3, 0.4) is 0 Å². The predicted octanol–water partition coefficient (Wildman–Crippen LogP) is 3.60. The number of nitrogens with zero attached hydrogens (tertiary/aromatic N) is 4. The highest BCUT2D eigenvalue weighted by molar-refractivity contribution is 5.77. The topological polar surface area (TPSA) is 84.3 Å². The van der Waals surface area contributed by atoms with Gasteiger partial charge < -0.3 is 13.9 Å². The van der Waals surface area contributed by atoms with Gasteiger partial charge in [0.25, 0.3) is 0 Å². The van der Waals surface area contributed by atoms with Crippen LogP contribution in [0.5, 0.6) is 5.75 Å². The molecule has 2 aliphatic rings. The summed E-state index contributed by atoms with van der Waals surface area (Å²) in [6, 6.07) is 5.81. The number of rotatable bonds is 5. The summed E-state index contributed by atoms with van der Waals surface area (Å²) in [6.45, 7) is 2.27. The maximum absolute atomic E-state index is 12.8. The molecule has 1 aliphatic heterocycles. The van der Waals surface area contributed by atoms with Gasteiger partial charge in [0.1, 0.15) is 5.75 Å². The summed E-state index contributed by atoms with van der Waals surface area (Å²) in [5, 5.41) is 8.71. The fourth-order valence-corrected chi connectivity index (χ4v) is 5.06. The van der Waals surface area contributed by atoms with E-state index in [2.05, 4.69) is 10.2 Å². The number of fused-ring (bicyclic) bond motifs is 1. The normalized spacial score (nSPS) is 22.8. The highest BCUT2D eigenvalue weighted by Crippen LogP contribution is 2.37. The number of imidazole rings is 1. The van der Waals surface area contributed by atoms with Gasteiger partial charge in [0.05, 0.1) is 18.1 Å². The minimum absolute atomic E-state index is 0.0309. The lowest BCUT2D eigenvalue weighted by molar-refractivity contribution is 0.0789. The van der Waals surface area contributed by atoms with Crippen molar-refractivity contribution in [3.05, 3.63) is 40.5 Å². The Bertz CT molecular complexity index is 1100. The van der Waals surface area contributed by atoms with Crippen LogP contribution in [-0.4, -0.2) is 39.7 Å². The predicted molar refractivity (Wildman–Crippen MR) is 116 cm³/mol. The Morgan fingerprint density at radius 3 is 2.35 bits per heavy atom. The molecule has 1 saturated carbocycles. The van der Waals surface area contributed by atoms with Crippen LogP contribution in [-0.2, 0) is 18.3 Å². The first-order chi connectivity index (χ1) is 15.1. The third-order valence-electron chi connectivity index (χ3n) is 7.02. The zero-order valence-electron chi connectivity index (χ0n) is 18.2. The average Bonchev–Trinajstić information content (AvgIpc) is 3.40. The highest BCUT2D eigenvalue weighted by atomic mass is 16.5. The molecule has 0 spiro atoms. The van der Waals surface area contributed by atoms with E-state index >= 15 is 0 Å². The van der Waals surface area contributed by atoms with Crippen LogP contribution in [0, 0.1) is 5.92 Å². The maximum atomic E-state index is 12.8. The molecule has 0 amide bonds. The summed E-state index contributed by atoms with van der Waals surface area (Å²) in [5.74, 6) is 3.45. The van der Waals surface area contributed by atoms with Gasteiger partial charge in [-0.25, -0.2) is 4.79 Å². The number of aromatic nitrogens is 4. The van der Waals surface area contributed by atoms with Crippen LogP contribution in [0.25, 0.3) is 11.0 Å². The van der Waals surface area contributed by atoms with Crippen molar-refractivity contribution in [1.82, 2.24) is 19.3 Å². The van der Waals surface area contributed by atoms with Crippen molar-refractivity contribution in [3.8, 4) is 5.75 Å². The molecule has 8 nitrogen and oxygen atoms in total. The molecule has 0 bridgehead atoms. The van der Waals surface area contributed by atoms with Gasteiger partial charge in [-0.1, -0.05) is 0 Å². The Hall–Kier alpha value is -2.61. The van der Waals surface area contributed by atoms with Crippen molar-refractivity contribution in [2.24, 2.45) is 13.0 Å². The number of methoxy groups -OCH3 is 1. The van der Waals surface area contributed by atoms with E-state index in [1.54, 1.807) is 11.7 Å². The molecule has 1 aromatic carbocycles. The van der Waals surface area contributed by atoms with E-state index in [1.165, 1.54) is 0 Å². The molecule has 0 unspecified atom stereocenters. The molecule has 5 rings (SSSR count). The third-order valence-corrected chi connectivity index (χ3v) is 7.02. The second-order valence-electron chi connectivity index (χ2n) is 8.89. The molecular weight excluding hydrogens is 396 g/mol. The minimum Gasteiger partial charge on any atom is -0.497 e. The Labute approximate surface area is 181 Å². The van der Waals surface area contributed by atoms with Gasteiger partial charge in [-0.2, -0.15) is 0 Å². The van der Waals surface area contributed by atoms with Gasteiger partial charge >= 0.3 is 5.69 Å². The number of benzene rings is 1. The molecule has 2 aromatic heterocycles. The summed E-state index contributed by atoms with van der Waals surface area (Å²) in [7, 11) is 3.48. The summed E-state index contributed by atoms with van der Waals surface area (Å²) in [5.41, 5.74) is 1.90. The molecule has 31 heavy (non-hydrogen) atoms. The van der Waals surface area contributed by atoms with Crippen molar-refractivity contribution in [2.45, 2.75) is 56.9 Å². The largest absolute Gasteiger partial charge is 0.497 e. The first kappa shape index (κ1) is 20.3. The van der Waals surface area contributed by atoms with E-state index in [0.29, 0.717) is 17.8 Å². The summed E-state index contributed by atoms with van der Waals surface area (Å²) >= 11 is 0. The van der Waals surface area contributed by atoms with Crippen molar-refractivity contribution >= 4 is 11.0 Å². The van der Waals surface area contributed by atoms with E-state index in [0.717, 1.165) is 86.8 Å². The van der Waals surface area contributed by atoms with Crippen molar-refractivity contribution in [1.29, 1.82) is 0 Å². The van der Waals surface area contributed by atoms with Gasteiger partial charge in [-0.05, 0) is 56.6 Å². The molecule has 1 aliphatic carbocycles. The number of hydrogen-bond donors (Lipinski definition) is 0. The molecule has 1 saturated heterocycles. The minimum atomic E-state index is 0.0309. The molecule has 8 heteroatoms. The van der Waals surface area contributed by atoms with Crippen molar-refractivity contribution in [3.63, 3.8) is 0 Å². The zero-order valence-corrected chi connectivity index (χ0v) is 18.2. The van der Waals surface area contributed by atoms with Crippen molar-refractivity contribution < 1.29 is 13.9 Å². The quantitative estimate of drug-likeness (QED) is 0.620. The van der Waals surface area contributed by atoms with Gasteiger partial charge in [0, 0.05) is 44.7 Å². The Morgan fingerprint density at radius 2 is 1.68 bits per heavy atom. The number of ether oxygens (including phenoxy) is 2. The maximum Gasteiger partial charge on any atom is 0.328 e. The van der Waals surface area contributed by atoms with Crippen molar-refractivity contribution in [2.75, 3.05) is 20.3 Å². The third kappa shape index (κ3) is 3.89. The molecule has 0 N–H and O–H groups in total. The lowest BCUT2D eigenvalue weighted by atomic mass is 9.82.